The number of carboxylic acids is 1. The van der Waals surface area contributed by atoms with Crippen molar-refractivity contribution >= 4 is 5.97 Å². The van der Waals surface area contributed by atoms with Gasteiger partial charge in [0.1, 0.15) is 0 Å². The number of carboxylic acid groups (broad SMARTS) is 1. The van der Waals surface area contributed by atoms with E-state index in [1.54, 1.807) is 0 Å². The molecule has 0 fully saturated rings. The first kappa shape index (κ1) is 12.0. The summed E-state index contributed by atoms with van der Waals surface area (Å²) < 4.78 is 0. The Balaban J connectivity index is 1.89. The van der Waals surface area contributed by atoms with Crippen molar-refractivity contribution in [1.82, 2.24) is 10.2 Å². The van der Waals surface area contributed by atoms with Crippen molar-refractivity contribution in [2.24, 2.45) is 0 Å². The Morgan fingerprint density at radius 2 is 2.16 bits per heavy atom. The Kier molecular flexibility index (Phi) is 3.07. The molecule has 0 spiro atoms. The lowest BCUT2D eigenvalue weighted by molar-refractivity contribution is 0.0689. The summed E-state index contributed by atoms with van der Waals surface area (Å²) in [6.07, 6.45) is 3.88. The highest BCUT2D eigenvalue weighted by molar-refractivity contribution is 5.87. The number of nitrogens with zero attached hydrogens (tertiary/aromatic N) is 1. The number of H-pyrrole nitrogens is 1. The molecule has 0 amide bonds. The molecule has 1 aliphatic carbocycles. The van der Waals surface area contributed by atoms with Crippen LogP contribution in [0.3, 0.4) is 0 Å². The Morgan fingerprint density at radius 1 is 1.37 bits per heavy atom. The van der Waals surface area contributed by atoms with Crippen LogP contribution in [0.25, 0.3) is 0 Å². The van der Waals surface area contributed by atoms with Crippen LogP contribution in [0.1, 0.15) is 46.1 Å². The summed E-state index contributed by atoms with van der Waals surface area (Å²) in [5.74, 6) is -0.579. The van der Waals surface area contributed by atoms with Crippen LogP contribution in [0.15, 0.2) is 30.3 Å². The summed E-state index contributed by atoms with van der Waals surface area (Å²) in [6.45, 7) is 0. The number of fused-ring (bicyclic) bond motifs is 1. The van der Waals surface area contributed by atoms with E-state index >= 15 is 0 Å². The second kappa shape index (κ2) is 4.88. The van der Waals surface area contributed by atoms with Crippen molar-refractivity contribution in [2.75, 3.05) is 0 Å². The first-order chi connectivity index (χ1) is 9.25. The van der Waals surface area contributed by atoms with Gasteiger partial charge in [-0.2, -0.15) is 5.10 Å². The molecule has 0 saturated heterocycles. The van der Waals surface area contributed by atoms with Crippen molar-refractivity contribution in [3.63, 3.8) is 0 Å². The minimum atomic E-state index is -0.933. The summed E-state index contributed by atoms with van der Waals surface area (Å²) in [5.41, 5.74) is 3.41. The second-order valence-corrected chi connectivity index (χ2v) is 5.05. The number of rotatable bonds is 3. The Bertz CT molecular complexity index is 589. The molecule has 2 N–H and O–H groups in total. The largest absolute Gasteiger partial charge is 0.476 e. The molecular weight excluding hydrogens is 240 g/mol. The van der Waals surface area contributed by atoms with Crippen molar-refractivity contribution < 1.29 is 9.90 Å². The molecule has 0 saturated carbocycles. The van der Waals surface area contributed by atoms with E-state index in [4.69, 9.17) is 5.11 Å². The van der Waals surface area contributed by atoms with Crippen LogP contribution in [0.5, 0.6) is 0 Å². The lowest BCUT2D eigenvalue weighted by atomic mass is 9.83. The fourth-order valence-corrected chi connectivity index (χ4v) is 2.92. The van der Waals surface area contributed by atoms with Crippen molar-refractivity contribution in [1.29, 1.82) is 0 Å². The standard InChI is InChI=1S/C15H16N2O2/c18-15(19)14-12-8-4-7-11(13(12)16-17-14)9-10-5-2-1-3-6-10/h1-3,5-6,11H,4,7-9H2,(H,16,17)(H,18,19). The van der Waals surface area contributed by atoms with Gasteiger partial charge in [0.05, 0.1) is 0 Å². The number of nitrogens with one attached hydrogen (secondary N) is 1. The number of aromatic carboxylic acids is 1. The average molecular weight is 256 g/mol. The summed E-state index contributed by atoms with van der Waals surface area (Å²) in [5, 5.41) is 16.0. The molecule has 19 heavy (non-hydrogen) atoms. The lowest BCUT2D eigenvalue weighted by Gasteiger charge is -2.22. The molecule has 1 aromatic carbocycles. The first-order valence-electron chi connectivity index (χ1n) is 6.60. The van der Waals surface area contributed by atoms with Crippen LogP contribution >= 0.6 is 0 Å². The Hall–Kier alpha value is -2.10. The topological polar surface area (TPSA) is 66.0 Å². The van der Waals surface area contributed by atoms with Gasteiger partial charge in [-0.1, -0.05) is 30.3 Å². The number of hydrogen-bond donors (Lipinski definition) is 2. The molecular formula is C15H16N2O2. The van der Waals surface area contributed by atoms with Crippen molar-refractivity contribution in [3.8, 4) is 0 Å². The van der Waals surface area contributed by atoms with Gasteiger partial charge < -0.3 is 5.11 Å². The van der Waals surface area contributed by atoms with E-state index in [-0.39, 0.29) is 5.69 Å². The molecule has 4 heteroatoms. The number of benzene rings is 1. The van der Waals surface area contributed by atoms with Crippen LogP contribution in [-0.4, -0.2) is 21.3 Å². The van der Waals surface area contributed by atoms with Gasteiger partial charge in [-0.3, -0.25) is 5.10 Å². The summed E-state index contributed by atoms with van der Waals surface area (Å²) in [4.78, 5) is 11.1. The van der Waals surface area contributed by atoms with E-state index in [1.165, 1.54) is 5.56 Å². The van der Waals surface area contributed by atoms with Crippen LogP contribution in [0, 0.1) is 0 Å². The highest BCUT2D eigenvalue weighted by atomic mass is 16.4. The Morgan fingerprint density at radius 3 is 2.89 bits per heavy atom. The Labute approximate surface area is 111 Å². The maximum atomic E-state index is 11.1. The molecule has 2 aromatic rings. The van der Waals surface area contributed by atoms with Crippen molar-refractivity contribution in [3.05, 3.63) is 52.8 Å². The minimum absolute atomic E-state index is 0.202. The minimum Gasteiger partial charge on any atom is -0.476 e. The predicted octanol–water partition coefficient (Wildman–Crippen LogP) is 2.77. The quantitative estimate of drug-likeness (QED) is 0.887. The van der Waals surface area contributed by atoms with E-state index in [0.717, 1.165) is 36.9 Å². The third-order valence-electron chi connectivity index (χ3n) is 3.81. The molecule has 3 rings (SSSR count). The van der Waals surface area contributed by atoms with Crippen LogP contribution in [-0.2, 0) is 12.8 Å². The second-order valence-electron chi connectivity index (χ2n) is 5.05. The number of aromatic amines is 1. The van der Waals surface area contributed by atoms with E-state index in [9.17, 15) is 4.79 Å². The molecule has 4 nitrogen and oxygen atoms in total. The van der Waals surface area contributed by atoms with E-state index in [2.05, 4.69) is 22.3 Å². The third kappa shape index (κ3) is 2.26. The predicted molar refractivity (Wildman–Crippen MR) is 71.4 cm³/mol. The zero-order valence-electron chi connectivity index (χ0n) is 10.6. The van der Waals surface area contributed by atoms with Gasteiger partial charge >= 0.3 is 5.97 Å². The van der Waals surface area contributed by atoms with Gasteiger partial charge in [0, 0.05) is 17.2 Å². The zero-order valence-corrected chi connectivity index (χ0v) is 10.6. The fraction of sp³-hybridized carbons (Fsp3) is 0.333. The summed E-state index contributed by atoms with van der Waals surface area (Å²) in [7, 11) is 0. The fourth-order valence-electron chi connectivity index (χ4n) is 2.92. The van der Waals surface area contributed by atoms with Crippen LogP contribution < -0.4 is 0 Å². The van der Waals surface area contributed by atoms with Gasteiger partial charge in [0.2, 0.25) is 0 Å². The molecule has 1 atom stereocenters. The monoisotopic (exact) mass is 256 g/mol. The molecule has 98 valence electrons. The van der Waals surface area contributed by atoms with E-state index < -0.39 is 5.97 Å². The number of carbonyl (C=O) groups is 1. The molecule has 1 aromatic heterocycles. The normalized spacial score (nSPS) is 18.0. The maximum absolute atomic E-state index is 11.1. The SMILES string of the molecule is O=C(O)c1n[nH]c2c1CCCC2Cc1ccccc1. The lowest BCUT2D eigenvalue weighted by Crippen LogP contribution is -2.13. The van der Waals surface area contributed by atoms with E-state index in [0.29, 0.717) is 5.92 Å². The molecule has 1 unspecified atom stereocenters. The number of hydrogen-bond acceptors (Lipinski definition) is 2. The van der Waals surface area contributed by atoms with Gasteiger partial charge in [-0.15, -0.1) is 0 Å². The van der Waals surface area contributed by atoms with Crippen LogP contribution in [0.2, 0.25) is 0 Å². The first-order valence-corrected chi connectivity index (χ1v) is 6.60. The zero-order chi connectivity index (χ0) is 13.2. The molecule has 0 aliphatic heterocycles. The van der Waals surface area contributed by atoms with Gasteiger partial charge in [0.25, 0.3) is 0 Å². The smallest absolute Gasteiger partial charge is 0.356 e. The number of aromatic nitrogens is 2. The third-order valence-corrected chi connectivity index (χ3v) is 3.81. The molecule has 0 radical (unpaired) electrons. The van der Waals surface area contributed by atoms with E-state index in [1.807, 2.05) is 18.2 Å². The highest BCUT2D eigenvalue weighted by Gasteiger charge is 2.27. The molecule has 0 bridgehead atoms. The molecule has 1 aliphatic rings. The molecule has 1 heterocycles. The summed E-state index contributed by atoms with van der Waals surface area (Å²) >= 11 is 0. The average Bonchev–Trinajstić information content (AvgIpc) is 2.85. The van der Waals surface area contributed by atoms with Gasteiger partial charge in [-0.05, 0) is 31.2 Å². The van der Waals surface area contributed by atoms with Crippen molar-refractivity contribution in [2.45, 2.75) is 31.6 Å². The van der Waals surface area contributed by atoms with Gasteiger partial charge in [-0.25, -0.2) is 4.79 Å². The maximum Gasteiger partial charge on any atom is 0.356 e. The van der Waals surface area contributed by atoms with Crippen LogP contribution in [0.4, 0.5) is 0 Å². The summed E-state index contributed by atoms with van der Waals surface area (Å²) in [6, 6.07) is 10.3. The highest BCUT2D eigenvalue weighted by Crippen LogP contribution is 2.34. The van der Waals surface area contributed by atoms with Gasteiger partial charge in [0.15, 0.2) is 5.69 Å².